The van der Waals surface area contributed by atoms with Gasteiger partial charge in [0.1, 0.15) is 12.4 Å². The van der Waals surface area contributed by atoms with Crippen molar-refractivity contribution < 1.29 is 9.84 Å². The van der Waals surface area contributed by atoms with Crippen molar-refractivity contribution in [3.63, 3.8) is 0 Å². The Morgan fingerprint density at radius 3 is 2.73 bits per heavy atom. The molecule has 1 aromatic rings. The van der Waals surface area contributed by atoms with E-state index in [9.17, 15) is 0 Å². The summed E-state index contributed by atoms with van der Waals surface area (Å²) in [7, 11) is 0. The fourth-order valence-corrected chi connectivity index (χ4v) is 2.02. The zero-order valence-corrected chi connectivity index (χ0v) is 9.20. The third-order valence-corrected chi connectivity index (χ3v) is 2.81. The van der Waals surface area contributed by atoms with Crippen LogP contribution < -0.4 is 4.74 Å². The average molecular weight is 206 g/mol. The summed E-state index contributed by atoms with van der Waals surface area (Å²) in [5.74, 6) is 0.886. The van der Waals surface area contributed by atoms with E-state index in [1.807, 2.05) is 6.07 Å². The maximum atomic E-state index is 9.13. The molecule has 2 rings (SSSR count). The van der Waals surface area contributed by atoms with Gasteiger partial charge in [-0.3, -0.25) is 0 Å². The van der Waals surface area contributed by atoms with Crippen molar-refractivity contribution in [2.45, 2.75) is 38.7 Å². The molecule has 0 bridgehead atoms. The zero-order chi connectivity index (χ0) is 10.7. The van der Waals surface area contributed by atoms with Gasteiger partial charge in [0.15, 0.2) is 0 Å². The first-order valence-corrected chi connectivity index (χ1v) is 5.68. The summed E-state index contributed by atoms with van der Waals surface area (Å²) < 4.78 is 5.48. The number of benzene rings is 1. The van der Waals surface area contributed by atoms with E-state index >= 15 is 0 Å². The van der Waals surface area contributed by atoms with Gasteiger partial charge in [-0.25, -0.2) is 0 Å². The molecule has 0 aromatic heterocycles. The number of rotatable bonds is 3. The minimum Gasteiger partial charge on any atom is -0.491 e. The molecular formula is C13H18O2. The van der Waals surface area contributed by atoms with E-state index in [0.717, 1.165) is 5.75 Å². The fraction of sp³-hybridized carbons (Fsp3) is 0.538. The number of hydrogen-bond donors (Lipinski definition) is 1. The van der Waals surface area contributed by atoms with Crippen LogP contribution in [0.1, 0.15) is 30.9 Å². The van der Waals surface area contributed by atoms with E-state index in [1.54, 1.807) is 6.92 Å². The third kappa shape index (κ3) is 2.72. The molecule has 1 aliphatic carbocycles. The van der Waals surface area contributed by atoms with E-state index in [0.29, 0.717) is 6.61 Å². The fourth-order valence-electron chi connectivity index (χ4n) is 2.02. The van der Waals surface area contributed by atoms with Crippen LogP contribution in [-0.4, -0.2) is 17.8 Å². The van der Waals surface area contributed by atoms with Crippen LogP contribution in [0.2, 0.25) is 0 Å². The van der Waals surface area contributed by atoms with Crippen LogP contribution >= 0.6 is 0 Å². The normalized spacial score (nSPS) is 16.9. The first kappa shape index (κ1) is 10.5. The van der Waals surface area contributed by atoms with Gasteiger partial charge in [0.25, 0.3) is 0 Å². The van der Waals surface area contributed by atoms with Crippen LogP contribution in [0.15, 0.2) is 18.2 Å². The molecular weight excluding hydrogens is 188 g/mol. The van der Waals surface area contributed by atoms with Crippen molar-refractivity contribution in [1.29, 1.82) is 0 Å². The lowest BCUT2D eigenvalue weighted by Crippen LogP contribution is -2.13. The molecule has 82 valence electrons. The molecule has 0 amide bonds. The van der Waals surface area contributed by atoms with Gasteiger partial charge in [0.2, 0.25) is 0 Å². The Bertz CT molecular complexity index is 331. The highest BCUT2D eigenvalue weighted by Crippen LogP contribution is 2.25. The highest BCUT2D eigenvalue weighted by molar-refractivity contribution is 5.37. The molecule has 1 atom stereocenters. The van der Waals surface area contributed by atoms with Crippen LogP contribution in [0.4, 0.5) is 0 Å². The molecule has 0 unspecified atom stereocenters. The molecule has 0 spiro atoms. The zero-order valence-electron chi connectivity index (χ0n) is 9.20. The van der Waals surface area contributed by atoms with Gasteiger partial charge >= 0.3 is 0 Å². The molecule has 0 fully saturated rings. The second-order valence-electron chi connectivity index (χ2n) is 4.30. The van der Waals surface area contributed by atoms with Crippen LogP contribution in [-0.2, 0) is 12.8 Å². The minimum absolute atomic E-state index is 0.374. The summed E-state index contributed by atoms with van der Waals surface area (Å²) in [6.07, 6.45) is 4.56. The highest BCUT2D eigenvalue weighted by Gasteiger charge is 2.09. The van der Waals surface area contributed by atoms with Crippen molar-refractivity contribution in [3.8, 4) is 5.75 Å². The van der Waals surface area contributed by atoms with Gasteiger partial charge in [-0.2, -0.15) is 0 Å². The highest BCUT2D eigenvalue weighted by atomic mass is 16.5. The second-order valence-corrected chi connectivity index (χ2v) is 4.30. The number of aliphatic hydroxyl groups excluding tert-OH is 1. The lowest BCUT2D eigenvalue weighted by atomic mass is 9.92. The summed E-state index contributed by atoms with van der Waals surface area (Å²) >= 11 is 0. The maximum absolute atomic E-state index is 9.13. The van der Waals surface area contributed by atoms with Gasteiger partial charge < -0.3 is 9.84 Å². The monoisotopic (exact) mass is 206 g/mol. The number of ether oxygens (including phenoxy) is 1. The van der Waals surface area contributed by atoms with Crippen LogP contribution in [0.25, 0.3) is 0 Å². The minimum atomic E-state index is -0.402. The predicted molar refractivity (Wildman–Crippen MR) is 60.3 cm³/mol. The van der Waals surface area contributed by atoms with Crippen molar-refractivity contribution in [2.75, 3.05) is 6.61 Å². The van der Waals surface area contributed by atoms with Crippen molar-refractivity contribution in [2.24, 2.45) is 0 Å². The lowest BCUT2D eigenvalue weighted by Gasteiger charge is -2.17. The van der Waals surface area contributed by atoms with E-state index in [-0.39, 0.29) is 0 Å². The van der Waals surface area contributed by atoms with Crippen LogP contribution in [0, 0.1) is 0 Å². The van der Waals surface area contributed by atoms with Crippen LogP contribution in [0.3, 0.4) is 0 Å². The van der Waals surface area contributed by atoms with Gasteiger partial charge in [0, 0.05) is 0 Å². The molecule has 0 aliphatic heterocycles. The standard InChI is InChI=1S/C13H18O2/c1-10(14)9-15-13-7-6-11-4-2-3-5-12(11)8-13/h6-8,10,14H,2-5,9H2,1H3/t10-/m1/s1. The first-order chi connectivity index (χ1) is 7.25. The second kappa shape index (κ2) is 4.67. The molecule has 0 saturated carbocycles. The summed E-state index contributed by atoms with van der Waals surface area (Å²) in [5, 5.41) is 9.13. The molecule has 2 heteroatoms. The Labute approximate surface area is 90.9 Å². The number of hydrogen-bond acceptors (Lipinski definition) is 2. The SMILES string of the molecule is C[C@@H](O)COc1ccc2c(c1)CCCC2. The number of aryl methyl sites for hydroxylation is 2. The molecule has 2 nitrogen and oxygen atoms in total. The lowest BCUT2D eigenvalue weighted by molar-refractivity contribution is 0.122. The van der Waals surface area contributed by atoms with Gasteiger partial charge in [-0.05, 0) is 55.9 Å². The Morgan fingerprint density at radius 1 is 1.27 bits per heavy atom. The Kier molecular flexibility index (Phi) is 3.27. The Hall–Kier alpha value is -1.02. The Balaban J connectivity index is 2.07. The van der Waals surface area contributed by atoms with Gasteiger partial charge in [0.05, 0.1) is 6.10 Å². The number of fused-ring (bicyclic) bond motifs is 1. The average Bonchev–Trinajstić information content (AvgIpc) is 2.26. The predicted octanol–water partition coefficient (Wildman–Crippen LogP) is 2.33. The summed E-state index contributed by atoms with van der Waals surface area (Å²) in [4.78, 5) is 0. The quantitative estimate of drug-likeness (QED) is 0.822. The van der Waals surface area contributed by atoms with E-state index in [4.69, 9.17) is 9.84 Å². The maximum Gasteiger partial charge on any atom is 0.119 e. The van der Waals surface area contributed by atoms with E-state index in [1.165, 1.54) is 36.8 Å². The third-order valence-electron chi connectivity index (χ3n) is 2.81. The molecule has 0 heterocycles. The molecule has 0 saturated heterocycles. The van der Waals surface area contributed by atoms with Crippen molar-refractivity contribution in [1.82, 2.24) is 0 Å². The van der Waals surface area contributed by atoms with Crippen LogP contribution in [0.5, 0.6) is 5.75 Å². The smallest absolute Gasteiger partial charge is 0.119 e. The molecule has 1 N–H and O–H groups in total. The summed E-state index contributed by atoms with van der Waals surface area (Å²) in [6, 6.07) is 6.29. The first-order valence-electron chi connectivity index (χ1n) is 5.68. The van der Waals surface area contributed by atoms with E-state index < -0.39 is 6.10 Å². The molecule has 15 heavy (non-hydrogen) atoms. The van der Waals surface area contributed by atoms with Crippen molar-refractivity contribution in [3.05, 3.63) is 29.3 Å². The largest absolute Gasteiger partial charge is 0.491 e. The van der Waals surface area contributed by atoms with Gasteiger partial charge in [-0.15, -0.1) is 0 Å². The van der Waals surface area contributed by atoms with Crippen molar-refractivity contribution >= 4 is 0 Å². The molecule has 1 aliphatic rings. The summed E-state index contributed by atoms with van der Waals surface area (Å²) in [6.45, 7) is 2.11. The summed E-state index contributed by atoms with van der Waals surface area (Å²) in [5.41, 5.74) is 2.88. The Morgan fingerprint density at radius 2 is 2.00 bits per heavy atom. The molecule has 0 radical (unpaired) electrons. The molecule has 1 aromatic carbocycles. The van der Waals surface area contributed by atoms with E-state index in [2.05, 4.69) is 12.1 Å². The van der Waals surface area contributed by atoms with Gasteiger partial charge in [-0.1, -0.05) is 6.07 Å². The topological polar surface area (TPSA) is 29.5 Å². The number of aliphatic hydroxyl groups is 1.